The van der Waals surface area contributed by atoms with Gasteiger partial charge in [-0.2, -0.15) is 0 Å². The van der Waals surface area contributed by atoms with Gasteiger partial charge in [-0.3, -0.25) is 4.79 Å². The molecule has 0 unspecified atom stereocenters. The third-order valence-corrected chi connectivity index (χ3v) is 6.08. The fourth-order valence-electron chi connectivity index (χ4n) is 4.43. The van der Waals surface area contributed by atoms with Crippen LogP contribution in [0.4, 0.5) is 5.95 Å². The van der Waals surface area contributed by atoms with E-state index in [2.05, 4.69) is 45.6 Å². The first-order chi connectivity index (χ1) is 13.8. The van der Waals surface area contributed by atoms with E-state index in [1.165, 1.54) is 24.8 Å². The van der Waals surface area contributed by atoms with Crippen molar-refractivity contribution in [2.75, 3.05) is 18.4 Å². The van der Waals surface area contributed by atoms with Crippen LogP contribution in [0.1, 0.15) is 61.0 Å². The molecule has 2 fully saturated rings. The maximum atomic E-state index is 12.9. The number of hydrogen-bond donors (Lipinski definition) is 1. The summed E-state index contributed by atoms with van der Waals surface area (Å²) in [7, 11) is 0. The number of amides is 1. The van der Waals surface area contributed by atoms with Crippen molar-refractivity contribution in [3.8, 4) is 0 Å². The van der Waals surface area contributed by atoms with Crippen molar-refractivity contribution in [2.24, 2.45) is 5.92 Å². The number of likely N-dealkylation sites (tertiary alicyclic amines) is 1. The summed E-state index contributed by atoms with van der Waals surface area (Å²) in [5, 5.41) is 3.42. The Labute approximate surface area is 167 Å². The van der Waals surface area contributed by atoms with Crippen LogP contribution in [-0.2, 0) is 6.42 Å². The fourth-order valence-corrected chi connectivity index (χ4v) is 4.43. The molecule has 148 valence electrons. The van der Waals surface area contributed by atoms with E-state index < -0.39 is 0 Å². The Morgan fingerprint density at radius 2 is 1.75 bits per heavy atom. The molecule has 1 amide bonds. The number of anilines is 1. The maximum Gasteiger partial charge on any atom is 0.272 e. The molecular formula is C23H30N4O. The van der Waals surface area contributed by atoms with Crippen LogP contribution >= 0.6 is 0 Å². The standard InChI is InChI=1S/C23H30N4O/c28-22(21-11-14-24-23(26-21)25-20-9-5-2-6-10-20)27-15-12-19(13-16-27)17-18-7-3-1-4-8-18/h1,3-4,7-8,11,14,19-20H,2,5-6,9-10,12-13,15-17H2,(H,24,25,26). The molecule has 1 aromatic carbocycles. The molecule has 5 nitrogen and oxygen atoms in total. The van der Waals surface area contributed by atoms with Gasteiger partial charge in [0.05, 0.1) is 0 Å². The van der Waals surface area contributed by atoms with Gasteiger partial charge in [0.1, 0.15) is 5.69 Å². The molecule has 0 spiro atoms. The maximum absolute atomic E-state index is 12.9. The summed E-state index contributed by atoms with van der Waals surface area (Å²) in [6.07, 6.45) is 11.1. The summed E-state index contributed by atoms with van der Waals surface area (Å²) in [5.74, 6) is 1.28. The van der Waals surface area contributed by atoms with E-state index in [0.29, 0.717) is 23.6 Å². The molecule has 1 saturated carbocycles. The quantitative estimate of drug-likeness (QED) is 0.842. The molecule has 4 rings (SSSR count). The lowest BCUT2D eigenvalue weighted by Crippen LogP contribution is -2.39. The third-order valence-electron chi connectivity index (χ3n) is 6.08. The molecule has 2 aliphatic rings. The van der Waals surface area contributed by atoms with Gasteiger partial charge < -0.3 is 10.2 Å². The number of piperidine rings is 1. The average Bonchev–Trinajstić information content (AvgIpc) is 2.75. The highest BCUT2D eigenvalue weighted by Gasteiger charge is 2.25. The van der Waals surface area contributed by atoms with Gasteiger partial charge >= 0.3 is 0 Å². The minimum Gasteiger partial charge on any atom is -0.351 e. The monoisotopic (exact) mass is 378 g/mol. The van der Waals surface area contributed by atoms with Gasteiger partial charge in [0.25, 0.3) is 5.91 Å². The molecule has 2 aromatic rings. The number of hydrogen-bond acceptors (Lipinski definition) is 4. The first-order valence-corrected chi connectivity index (χ1v) is 10.7. The number of nitrogens with one attached hydrogen (secondary N) is 1. The van der Waals surface area contributed by atoms with E-state index in [0.717, 1.165) is 45.2 Å². The van der Waals surface area contributed by atoms with Crippen molar-refractivity contribution in [1.82, 2.24) is 14.9 Å². The zero-order chi connectivity index (χ0) is 19.2. The van der Waals surface area contributed by atoms with Gasteiger partial charge in [0, 0.05) is 25.3 Å². The molecule has 0 radical (unpaired) electrons. The van der Waals surface area contributed by atoms with Crippen LogP contribution in [0.25, 0.3) is 0 Å². The molecular weight excluding hydrogens is 348 g/mol. The zero-order valence-electron chi connectivity index (χ0n) is 16.5. The van der Waals surface area contributed by atoms with Gasteiger partial charge in [-0.15, -0.1) is 0 Å². The molecule has 1 aliphatic heterocycles. The highest BCUT2D eigenvalue weighted by atomic mass is 16.2. The van der Waals surface area contributed by atoms with Gasteiger partial charge in [-0.25, -0.2) is 9.97 Å². The SMILES string of the molecule is O=C(c1ccnc(NC2CCCCC2)n1)N1CCC(Cc2ccccc2)CC1. The van der Waals surface area contributed by atoms with Crippen LogP contribution in [-0.4, -0.2) is 39.9 Å². The van der Waals surface area contributed by atoms with E-state index in [1.807, 2.05) is 4.90 Å². The summed E-state index contributed by atoms with van der Waals surface area (Å²) in [5.41, 5.74) is 1.90. The molecule has 1 saturated heterocycles. The van der Waals surface area contributed by atoms with Gasteiger partial charge in [-0.1, -0.05) is 49.6 Å². The number of carbonyl (C=O) groups is 1. The minimum absolute atomic E-state index is 0.0345. The summed E-state index contributed by atoms with van der Waals surface area (Å²) < 4.78 is 0. The Morgan fingerprint density at radius 1 is 1.00 bits per heavy atom. The number of benzene rings is 1. The van der Waals surface area contributed by atoms with Crippen LogP contribution in [0, 0.1) is 5.92 Å². The van der Waals surface area contributed by atoms with Crippen molar-refractivity contribution < 1.29 is 4.79 Å². The Balaban J connectivity index is 1.31. The second kappa shape index (κ2) is 9.18. The predicted molar refractivity (Wildman–Crippen MR) is 111 cm³/mol. The molecule has 1 aromatic heterocycles. The lowest BCUT2D eigenvalue weighted by Gasteiger charge is -2.32. The molecule has 28 heavy (non-hydrogen) atoms. The molecule has 2 heterocycles. The number of carbonyl (C=O) groups excluding carboxylic acids is 1. The van der Waals surface area contributed by atoms with Crippen LogP contribution in [0.2, 0.25) is 0 Å². The molecule has 0 atom stereocenters. The number of aromatic nitrogens is 2. The third kappa shape index (κ3) is 4.89. The largest absolute Gasteiger partial charge is 0.351 e. The van der Waals surface area contributed by atoms with Crippen molar-refractivity contribution in [2.45, 2.75) is 57.4 Å². The molecule has 1 aliphatic carbocycles. The van der Waals surface area contributed by atoms with E-state index >= 15 is 0 Å². The molecule has 0 bridgehead atoms. The second-order valence-corrected chi connectivity index (χ2v) is 8.17. The highest BCUT2D eigenvalue weighted by molar-refractivity contribution is 5.92. The van der Waals surface area contributed by atoms with E-state index in [4.69, 9.17) is 0 Å². The Kier molecular flexibility index (Phi) is 6.20. The van der Waals surface area contributed by atoms with Crippen LogP contribution in [0.3, 0.4) is 0 Å². The zero-order valence-corrected chi connectivity index (χ0v) is 16.5. The summed E-state index contributed by atoms with van der Waals surface area (Å²) in [4.78, 5) is 23.7. The summed E-state index contributed by atoms with van der Waals surface area (Å²) >= 11 is 0. The number of nitrogens with zero attached hydrogens (tertiary/aromatic N) is 3. The van der Waals surface area contributed by atoms with Gasteiger partial charge in [0.2, 0.25) is 5.95 Å². The Bertz CT molecular complexity index is 765. The van der Waals surface area contributed by atoms with Crippen molar-refractivity contribution >= 4 is 11.9 Å². The predicted octanol–water partition coefficient (Wildman–Crippen LogP) is 4.32. The van der Waals surface area contributed by atoms with Crippen LogP contribution in [0.5, 0.6) is 0 Å². The lowest BCUT2D eigenvalue weighted by atomic mass is 9.90. The fraction of sp³-hybridized carbons (Fsp3) is 0.522. The van der Waals surface area contributed by atoms with Crippen LogP contribution in [0.15, 0.2) is 42.6 Å². The van der Waals surface area contributed by atoms with Gasteiger partial charge in [-0.05, 0) is 49.7 Å². The minimum atomic E-state index is 0.0345. The van der Waals surface area contributed by atoms with E-state index in [9.17, 15) is 4.79 Å². The highest BCUT2D eigenvalue weighted by Crippen LogP contribution is 2.23. The normalized spacial score (nSPS) is 18.8. The first-order valence-electron chi connectivity index (χ1n) is 10.7. The number of rotatable bonds is 5. The van der Waals surface area contributed by atoms with Crippen LogP contribution < -0.4 is 5.32 Å². The second-order valence-electron chi connectivity index (χ2n) is 8.17. The van der Waals surface area contributed by atoms with Crippen molar-refractivity contribution in [3.63, 3.8) is 0 Å². The smallest absolute Gasteiger partial charge is 0.272 e. The van der Waals surface area contributed by atoms with E-state index in [-0.39, 0.29) is 5.91 Å². The summed E-state index contributed by atoms with van der Waals surface area (Å²) in [6, 6.07) is 12.8. The molecule has 1 N–H and O–H groups in total. The Hall–Kier alpha value is -2.43. The first kappa shape index (κ1) is 18.9. The topological polar surface area (TPSA) is 58.1 Å². The van der Waals surface area contributed by atoms with Crippen molar-refractivity contribution in [3.05, 3.63) is 53.9 Å². The van der Waals surface area contributed by atoms with Crippen molar-refractivity contribution in [1.29, 1.82) is 0 Å². The van der Waals surface area contributed by atoms with Gasteiger partial charge in [0.15, 0.2) is 0 Å². The summed E-state index contributed by atoms with van der Waals surface area (Å²) in [6.45, 7) is 1.62. The molecule has 5 heteroatoms. The van der Waals surface area contributed by atoms with E-state index in [1.54, 1.807) is 12.3 Å². The lowest BCUT2D eigenvalue weighted by molar-refractivity contribution is 0.0684. The average molecular weight is 379 g/mol. The Morgan fingerprint density at radius 3 is 2.50 bits per heavy atom.